The van der Waals surface area contributed by atoms with Gasteiger partial charge in [-0.15, -0.1) is 0 Å². The molecule has 0 spiro atoms. The molecule has 28 heavy (non-hydrogen) atoms. The highest BCUT2D eigenvalue weighted by Crippen LogP contribution is 2.38. The molecule has 4 rings (SSSR count). The number of aromatic nitrogens is 1. The van der Waals surface area contributed by atoms with Crippen molar-refractivity contribution in [1.29, 1.82) is 5.26 Å². The van der Waals surface area contributed by atoms with Crippen molar-refractivity contribution in [2.45, 2.75) is 13.3 Å². The second kappa shape index (κ2) is 7.80. The van der Waals surface area contributed by atoms with Gasteiger partial charge in [0.25, 0.3) is 0 Å². The Bertz CT molecular complexity index is 1150. The van der Waals surface area contributed by atoms with E-state index in [4.69, 9.17) is 11.6 Å². The predicted octanol–water partition coefficient (Wildman–Crippen LogP) is 6.09. The molecular formula is C24H20ClN3. The molecule has 3 nitrogen and oxygen atoms in total. The van der Waals surface area contributed by atoms with Crippen LogP contribution < -0.4 is 5.32 Å². The van der Waals surface area contributed by atoms with E-state index in [0.717, 1.165) is 35.4 Å². The van der Waals surface area contributed by atoms with E-state index in [1.54, 1.807) is 0 Å². The standard InChI is InChI=1S/C24H20ClN3/c1-17-10-12-19(13-11-17)23-20(16-26)21-8-5-9-22(25)28(21)24(23)27-15-14-18-6-3-2-4-7-18/h2-13,27H,14-15H2,1H3. The van der Waals surface area contributed by atoms with Crippen molar-refractivity contribution in [3.63, 3.8) is 0 Å². The first kappa shape index (κ1) is 18.2. The molecule has 0 aliphatic heterocycles. The molecule has 4 aromatic rings. The second-order valence-electron chi connectivity index (χ2n) is 6.81. The third kappa shape index (κ3) is 3.35. The monoisotopic (exact) mass is 385 g/mol. The molecule has 0 bridgehead atoms. The van der Waals surface area contributed by atoms with E-state index < -0.39 is 0 Å². The molecule has 0 fully saturated rings. The summed E-state index contributed by atoms with van der Waals surface area (Å²) in [5, 5.41) is 14.0. The minimum atomic E-state index is 0.578. The van der Waals surface area contributed by atoms with Crippen LogP contribution in [0.25, 0.3) is 16.6 Å². The number of halogens is 1. The van der Waals surface area contributed by atoms with Crippen molar-refractivity contribution in [3.8, 4) is 17.2 Å². The second-order valence-corrected chi connectivity index (χ2v) is 7.20. The lowest BCUT2D eigenvalue weighted by atomic mass is 10.0. The molecule has 0 unspecified atom stereocenters. The normalized spacial score (nSPS) is 10.8. The average Bonchev–Trinajstić information content (AvgIpc) is 3.04. The van der Waals surface area contributed by atoms with Gasteiger partial charge in [-0.2, -0.15) is 5.26 Å². The number of anilines is 1. The zero-order chi connectivity index (χ0) is 19.5. The fourth-order valence-electron chi connectivity index (χ4n) is 3.52. The van der Waals surface area contributed by atoms with Gasteiger partial charge in [-0.1, -0.05) is 77.8 Å². The maximum atomic E-state index is 9.91. The molecule has 2 aromatic heterocycles. The van der Waals surface area contributed by atoms with Crippen LogP contribution in [0.4, 0.5) is 5.82 Å². The zero-order valence-electron chi connectivity index (χ0n) is 15.6. The lowest BCUT2D eigenvalue weighted by molar-refractivity contribution is 0.999. The Balaban J connectivity index is 1.81. The Kier molecular flexibility index (Phi) is 5.06. The first-order valence-electron chi connectivity index (χ1n) is 9.27. The third-order valence-corrected chi connectivity index (χ3v) is 5.20. The van der Waals surface area contributed by atoms with Gasteiger partial charge in [-0.3, -0.25) is 4.40 Å². The van der Waals surface area contributed by atoms with E-state index in [2.05, 4.69) is 54.7 Å². The van der Waals surface area contributed by atoms with Gasteiger partial charge in [0.1, 0.15) is 17.0 Å². The molecule has 0 radical (unpaired) electrons. The molecule has 0 atom stereocenters. The van der Waals surface area contributed by atoms with Crippen molar-refractivity contribution >= 4 is 22.9 Å². The van der Waals surface area contributed by atoms with E-state index in [0.29, 0.717) is 10.7 Å². The predicted molar refractivity (Wildman–Crippen MR) is 116 cm³/mol. The first-order valence-corrected chi connectivity index (χ1v) is 9.64. The van der Waals surface area contributed by atoms with E-state index in [9.17, 15) is 5.26 Å². The molecule has 2 heterocycles. The molecule has 0 aliphatic rings. The highest BCUT2D eigenvalue weighted by atomic mass is 35.5. The van der Waals surface area contributed by atoms with Gasteiger partial charge in [0.05, 0.1) is 11.1 Å². The van der Waals surface area contributed by atoms with Gasteiger partial charge in [0.2, 0.25) is 0 Å². The molecule has 1 N–H and O–H groups in total. The third-order valence-electron chi connectivity index (χ3n) is 4.91. The summed E-state index contributed by atoms with van der Waals surface area (Å²) >= 11 is 6.53. The molecule has 138 valence electrons. The largest absolute Gasteiger partial charge is 0.370 e. The molecular weight excluding hydrogens is 366 g/mol. The number of nitriles is 1. The first-order chi connectivity index (χ1) is 13.7. The van der Waals surface area contributed by atoms with Crippen molar-refractivity contribution in [3.05, 3.63) is 94.6 Å². The van der Waals surface area contributed by atoms with Gasteiger partial charge in [0, 0.05) is 12.1 Å². The van der Waals surface area contributed by atoms with E-state index in [1.165, 1.54) is 11.1 Å². The van der Waals surface area contributed by atoms with Crippen LogP contribution in [-0.4, -0.2) is 10.9 Å². The summed E-state index contributed by atoms with van der Waals surface area (Å²) in [4.78, 5) is 0. The zero-order valence-corrected chi connectivity index (χ0v) is 16.4. The van der Waals surface area contributed by atoms with Crippen LogP contribution in [0, 0.1) is 18.3 Å². The fraction of sp³-hybridized carbons (Fsp3) is 0.125. The van der Waals surface area contributed by atoms with E-state index >= 15 is 0 Å². The quantitative estimate of drug-likeness (QED) is 0.422. The minimum absolute atomic E-state index is 0.578. The van der Waals surface area contributed by atoms with E-state index in [-0.39, 0.29) is 0 Å². The van der Waals surface area contributed by atoms with Crippen LogP contribution in [-0.2, 0) is 6.42 Å². The van der Waals surface area contributed by atoms with Crippen molar-refractivity contribution < 1.29 is 0 Å². The van der Waals surface area contributed by atoms with Crippen molar-refractivity contribution in [2.24, 2.45) is 0 Å². The number of fused-ring (bicyclic) bond motifs is 1. The maximum Gasteiger partial charge on any atom is 0.121 e. The van der Waals surface area contributed by atoms with Crippen LogP contribution in [0.5, 0.6) is 0 Å². The Morgan fingerprint density at radius 3 is 2.43 bits per heavy atom. The number of hydrogen-bond donors (Lipinski definition) is 1. The summed E-state index contributed by atoms with van der Waals surface area (Å²) in [5.74, 6) is 0.858. The van der Waals surface area contributed by atoms with Crippen LogP contribution in [0.3, 0.4) is 0 Å². The number of hydrogen-bond acceptors (Lipinski definition) is 2. The van der Waals surface area contributed by atoms with Gasteiger partial charge in [0.15, 0.2) is 0 Å². The lowest BCUT2D eigenvalue weighted by Gasteiger charge is -2.12. The number of benzene rings is 2. The SMILES string of the molecule is Cc1ccc(-c2c(C#N)c3cccc(Cl)n3c2NCCc2ccccc2)cc1. The Morgan fingerprint density at radius 1 is 0.964 bits per heavy atom. The molecule has 2 aromatic carbocycles. The van der Waals surface area contributed by atoms with E-state index in [1.807, 2.05) is 40.8 Å². The van der Waals surface area contributed by atoms with Crippen molar-refractivity contribution in [1.82, 2.24) is 4.40 Å². The van der Waals surface area contributed by atoms with Gasteiger partial charge < -0.3 is 5.32 Å². The van der Waals surface area contributed by atoms with Gasteiger partial charge >= 0.3 is 0 Å². The maximum absolute atomic E-state index is 9.91. The Morgan fingerprint density at radius 2 is 1.71 bits per heavy atom. The summed E-state index contributed by atoms with van der Waals surface area (Å²) in [6.45, 7) is 2.80. The number of nitrogens with one attached hydrogen (secondary N) is 1. The number of aryl methyl sites for hydroxylation is 1. The Labute approximate surface area is 169 Å². The van der Waals surface area contributed by atoms with Crippen LogP contribution in [0.2, 0.25) is 5.15 Å². The molecule has 0 amide bonds. The Hall–Kier alpha value is -3.22. The van der Waals surface area contributed by atoms with Crippen molar-refractivity contribution in [2.75, 3.05) is 11.9 Å². The lowest BCUT2D eigenvalue weighted by Crippen LogP contribution is -2.08. The molecule has 4 heteroatoms. The van der Waals surface area contributed by atoms with Crippen LogP contribution in [0.1, 0.15) is 16.7 Å². The van der Waals surface area contributed by atoms with Gasteiger partial charge in [-0.25, -0.2) is 0 Å². The highest BCUT2D eigenvalue weighted by molar-refractivity contribution is 6.30. The van der Waals surface area contributed by atoms with Gasteiger partial charge in [-0.05, 0) is 36.6 Å². The summed E-state index contributed by atoms with van der Waals surface area (Å²) < 4.78 is 1.93. The van der Waals surface area contributed by atoms with Crippen LogP contribution >= 0.6 is 11.6 Å². The summed E-state index contributed by atoms with van der Waals surface area (Å²) in [6.07, 6.45) is 0.883. The smallest absolute Gasteiger partial charge is 0.121 e. The summed E-state index contributed by atoms with van der Waals surface area (Å²) in [6, 6.07) is 26.6. The summed E-state index contributed by atoms with van der Waals surface area (Å²) in [5.41, 5.74) is 5.79. The summed E-state index contributed by atoms with van der Waals surface area (Å²) in [7, 11) is 0. The average molecular weight is 386 g/mol. The highest BCUT2D eigenvalue weighted by Gasteiger charge is 2.21. The molecule has 0 saturated heterocycles. The number of nitrogens with zero attached hydrogens (tertiary/aromatic N) is 2. The fourth-order valence-corrected chi connectivity index (χ4v) is 3.76. The van der Waals surface area contributed by atoms with Crippen LogP contribution in [0.15, 0.2) is 72.8 Å². The molecule has 0 aliphatic carbocycles. The topological polar surface area (TPSA) is 40.2 Å². The number of pyridine rings is 1. The molecule has 0 saturated carbocycles. The minimum Gasteiger partial charge on any atom is -0.370 e. The number of rotatable bonds is 5.